The SMILES string of the molecule is CCN(CC1CCCNC1)C(=O)CN(C)C. The molecule has 1 aliphatic rings. The Labute approximate surface area is 99.0 Å². The summed E-state index contributed by atoms with van der Waals surface area (Å²) < 4.78 is 0. The van der Waals surface area contributed by atoms with E-state index in [0.717, 1.165) is 26.2 Å². The lowest BCUT2D eigenvalue weighted by Gasteiger charge is -2.30. The van der Waals surface area contributed by atoms with E-state index in [2.05, 4.69) is 12.2 Å². The molecule has 1 atom stereocenters. The van der Waals surface area contributed by atoms with E-state index in [-0.39, 0.29) is 5.91 Å². The normalized spacial score (nSPS) is 21.1. The highest BCUT2D eigenvalue weighted by Gasteiger charge is 2.19. The number of nitrogens with one attached hydrogen (secondary N) is 1. The molecule has 0 aliphatic carbocycles. The second-order valence-corrected chi connectivity index (χ2v) is 4.88. The van der Waals surface area contributed by atoms with Gasteiger partial charge in [0.05, 0.1) is 6.54 Å². The van der Waals surface area contributed by atoms with Gasteiger partial charge < -0.3 is 15.1 Å². The third-order valence-electron chi connectivity index (χ3n) is 3.06. The summed E-state index contributed by atoms with van der Waals surface area (Å²) >= 11 is 0. The third-order valence-corrected chi connectivity index (χ3v) is 3.06. The first kappa shape index (κ1) is 13.5. The van der Waals surface area contributed by atoms with E-state index >= 15 is 0 Å². The molecule has 1 unspecified atom stereocenters. The Morgan fingerprint density at radius 3 is 2.69 bits per heavy atom. The zero-order valence-corrected chi connectivity index (χ0v) is 10.8. The molecule has 4 nitrogen and oxygen atoms in total. The van der Waals surface area contributed by atoms with Crippen molar-refractivity contribution < 1.29 is 4.79 Å². The minimum Gasteiger partial charge on any atom is -0.342 e. The van der Waals surface area contributed by atoms with Crippen molar-refractivity contribution in [1.82, 2.24) is 15.1 Å². The summed E-state index contributed by atoms with van der Waals surface area (Å²) in [4.78, 5) is 15.8. The van der Waals surface area contributed by atoms with Gasteiger partial charge in [0, 0.05) is 13.1 Å². The topological polar surface area (TPSA) is 35.6 Å². The van der Waals surface area contributed by atoms with E-state index in [0.29, 0.717) is 12.5 Å². The molecule has 0 aromatic carbocycles. The Bertz CT molecular complexity index is 212. The van der Waals surface area contributed by atoms with Crippen LogP contribution in [0.5, 0.6) is 0 Å². The van der Waals surface area contributed by atoms with Crippen LogP contribution in [0, 0.1) is 5.92 Å². The number of carbonyl (C=O) groups is 1. The number of amides is 1. The molecule has 1 rings (SSSR count). The van der Waals surface area contributed by atoms with Crippen LogP contribution >= 0.6 is 0 Å². The Kier molecular flexibility index (Phi) is 5.77. The van der Waals surface area contributed by atoms with Gasteiger partial charge in [-0.25, -0.2) is 0 Å². The Hall–Kier alpha value is -0.610. The van der Waals surface area contributed by atoms with E-state index < -0.39 is 0 Å². The van der Waals surface area contributed by atoms with Gasteiger partial charge in [0.15, 0.2) is 0 Å². The average Bonchev–Trinajstić information content (AvgIpc) is 2.26. The van der Waals surface area contributed by atoms with Crippen molar-refractivity contribution in [2.24, 2.45) is 5.92 Å². The van der Waals surface area contributed by atoms with E-state index in [1.807, 2.05) is 23.9 Å². The fourth-order valence-electron chi connectivity index (χ4n) is 2.17. The number of carbonyl (C=O) groups excluding carboxylic acids is 1. The summed E-state index contributed by atoms with van der Waals surface area (Å²) in [6, 6.07) is 0. The van der Waals surface area contributed by atoms with Crippen molar-refractivity contribution in [3.63, 3.8) is 0 Å². The number of nitrogens with zero attached hydrogens (tertiary/aromatic N) is 2. The fourth-order valence-corrected chi connectivity index (χ4v) is 2.17. The molecule has 1 aliphatic heterocycles. The quantitative estimate of drug-likeness (QED) is 0.738. The van der Waals surface area contributed by atoms with Crippen molar-refractivity contribution in [2.75, 3.05) is 46.8 Å². The maximum atomic E-state index is 11.9. The van der Waals surface area contributed by atoms with Crippen molar-refractivity contribution in [2.45, 2.75) is 19.8 Å². The van der Waals surface area contributed by atoms with Crippen LogP contribution in [0.3, 0.4) is 0 Å². The van der Waals surface area contributed by atoms with Gasteiger partial charge >= 0.3 is 0 Å². The average molecular weight is 227 g/mol. The maximum Gasteiger partial charge on any atom is 0.236 e. The standard InChI is InChI=1S/C12H25N3O/c1-4-15(12(16)10-14(2)3)9-11-6-5-7-13-8-11/h11,13H,4-10H2,1-3H3. The van der Waals surface area contributed by atoms with E-state index in [1.165, 1.54) is 12.8 Å². The van der Waals surface area contributed by atoms with Crippen LogP contribution in [0.1, 0.15) is 19.8 Å². The van der Waals surface area contributed by atoms with Gasteiger partial charge in [-0.1, -0.05) is 0 Å². The monoisotopic (exact) mass is 227 g/mol. The fraction of sp³-hybridized carbons (Fsp3) is 0.917. The largest absolute Gasteiger partial charge is 0.342 e. The van der Waals surface area contributed by atoms with Crippen molar-refractivity contribution in [3.8, 4) is 0 Å². The first-order chi connectivity index (χ1) is 7.63. The van der Waals surface area contributed by atoms with E-state index in [4.69, 9.17) is 0 Å². The lowest BCUT2D eigenvalue weighted by Crippen LogP contribution is -2.43. The summed E-state index contributed by atoms with van der Waals surface area (Å²) in [6.07, 6.45) is 2.49. The maximum absolute atomic E-state index is 11.9. The van der Waals surface area contributed by atoms with Gasteiger partial charge in [-0.2, -0.15) is 0 Å². The summed E-state index contributed by atoms with van der Waals surface area (Å²) in [7, 11) is 3.88. The van der Waals surface area contributed by atoms with Crippen LogP contribution in [0.2, 0.25) is 0 Å². The molecule has 0 radical (unpaired) electrons. The van der Waals surface area contributed by atoms with Crippen LogP contribution in [-0.2, 0) is 4.79 Å². The molecular formula is C12H25N3O. The zero-order chi connectivity index (χ0) is 12.0. The Morgan fingerprint density at radius 1 is 1.44 bits per heavy atom. The lowest BCUT2D eigenvalue weighted by atomic mass is 9.99. The van der Waals surface area contributed by atoms with Crippen molar-refractivity contribution >= 4 is 5.91 Å². The molecule has 1 heterocycles. The minimum atomic E-state index is 0.248. The van der Waals surface area contributed by atoms with Crippen molar-refractivity contribution in [1.29, 1.82) is 0 Å². The van der Waals surface area contributed by atoms with Gasteiger partial charge in [0.25, 0.3) is 0 Å². The molecule has 0 saturated carbocycles. The van der Waals surface area contributed by atoms with Crippen LogP contribution < -0.4 is 5.32 Å². The highest BCUT2D eigenvalue weighted by molar-refractivity contribution is 5.78. The molecule has 1 amide bonds. The number of likely N-dealkylation sites (N-methyl/N-ethyl adjacent to an activating group) is 2. The van der Waals surface area contributed by atoms with Crippen molar-refractivity contribution in [3.05, 3.63) is 0 Å². The molecule has 94 valence electrons. The molecule has 16 heavy (non-hydrogen) atoms. The van der Waals surface area contributed by atoms with Crippen LogP contribution in [0.25, 0.3) is 0 Å². The van der Waals surface area contributed by atoms with Crippen LogP contribution in [0.4, 0.5) is 0 Å². The van der Waals surface area contributed by atoms with Gasteiger partial charge in [0.2, 0.25) is 5.91 Å². The van der Waals surface area contributed by atoms with Gasteiger partial charge in [-0.15, -0.1) is 0 Å². The molecular weight excluding hydrogens is 202 g/mol. The second kappa shape index (κ2) is 6.86. The lowest BCUT2D eigenvalue weighted by molar-refractivity contribution is -0.132. The summed E-state index contributed by atoms with van der Waals surface area (Å²) in [6.45, 7) is 6.51. The van der Waals surface area contributed by atoms with Gasteiger partial charge in [0.1, 0.15) is 0 Å². The predicted octanol–water partition coefficient (Wildman–Crippen LogP) is 0.396. The molecule has 4 heteroatoms. The van der Waals surface area contributed by atoms with Gasteiger partial charge in [-0.3, -0.25) is 4.79 Å². The van der Waals surface area contributed by atoms with E-state index in [9.17, 15) is 4.79 Å². The number of hydrogen-bond acceptors (Lipinski definition) is 3. The van der Waals surface area contributed by atoms with Crippen LogP contribution in [-0.4, -0.2) is 62.5 Å². The number of piperidine rings is 1. The number of rotatable bonds is 5. The molecule has 0 aromatic rings. The predicted molar refractivity (Wildman–Crippen MR) is 66.4 cm³/mol. The van der Waals surface area contributed by atoms with E-state index in [1.54, 1.807) is 0 Å². The third kappa shape index (κ3) is 4.49. The molecule has 1 fully saturated rings. The number of hydrogen-bond donors (Lipinski definition) is 1. The Balaban J connectivity index is 2.37. The van der Waals surface area contributed by atoms with Crippen LogP contribution in [0.15, 0.2) is 0 Å². The first-order valence-corrected chi connectivity index (χ1v) is 6.26. The minimum absolute atomic E-state index is 0.248. The molecule has 0 aromatic heterocycles. The molecule has 0 spiro atoms. The Morgan fingerprint density at radius 2 is 2.19 bits per heavy atom. The second-order valence-electron chi connectivity index (χ2n) is 4.88. The smallest absolute Gasteiger partial charge is 0.236 e. The molecule has 0 bridgehead atoms. The van der Waals surface area contributed by atoms with Gasteiger partial charge in [-0.05, 0) is 52.9 Å². The first-order valence-electron chi connectivity index (χ1n) is 6.26. The summed E-state index contributed by atoms with van der Waals surface area (Å²) in [5.41, 5.74) is 0. The molecule has 1 N–H and O–H groups in total. The highest BCUT2D eigenvalue weighted by Crippen LogP contribution is 2.11. The summed E-state index contributed by atoms with van der Waals surface area (Å²) in [5.74, 6) is 0.887. The zero-order valence-electron chi connectivity index (χ0n) is 10.8. The summed E-state index contributed by atoms with van der Waals surface area (Å²) in [5, 5.41) is 3.40. The molecule has 1 saturated heterocycles. The highest BCUT2D eigenvalue weighted by atomic mass is 16.2.